The summed E-state index contributed by atoms with van der Waals surface area (Å²) in [5, 5.41) is 11.2. The number of aliphatic carboxylic acids is 1. The van der Waals surface area contributed by atoms with E-state index < -0.39 is 29.6 Å². The molecule has 2 rings (SSSR count). The Balaban J connectivity index is 0.000000377. The number of carbonyl (C=O) groups excluding carboxylic acids is 1. The van der Waals surface area contributed by atoms with Gasteiger partial charge in [-0.05, 0) is 40.0 Å². The van der Waals surface area contributed by atoms with E-state index in [4.69, 9.17) is 10.8 Å². The molecule has 7 nitrogen and oxygen atoms in total. The van der Waals surface area contributed by atoms with Crippen molar-refractivity contribution < 1.29 is 23.5 Å². The zero-order valence-corrected chi connectivity index (χ0v) is 16.0. The Kier molecular flexibility index (Phi) is 9.27. The number of rotatable bonds is 6. The van der Waals surface area contributed by atoms with Gasteiger partial charge in [0.05, 0.1) is 10.9 Å². The van der Waals surface area contributed by atoms with E-state index in [1.807, 2.05) is 0 Å². The highest BCUT2D eigenvalue weighted by Crippen LogP contribution is 2.09. The summed E-state index contributed by atoms with van der Waals surface area (Å²) in [7, 11) is 0. The Bertz CT molecular complexity index is 734. The summed E-state index contributed by atoms with van der Waals surface area (Å²) in [6.45, 7) is 1.80. The molecule has 0 bridgehead atoms. The van der Waals surface area contributed by atoms with Crippen LogP contribution < -0.4 is 11.1 Å². The molecule has 146 valence electrons. The van der Waals surface area contributed by atoms with Crippen LogP contribution in [0.4, 0.5) is 14.7 Å². The van der Waals surface area contributed by atoms with Gasteiger partial charge in [0, 0.05) is 18.5 Å². The number of nitrogens with one attached hydrogen (secondary N) is 1. The van der Waals surface area contributed by atoms with Gasteiger partial charge in [0.2, 0.25) is 11.9 Å². The van der Waals surface area contributed by atoms with Crippen molar-refractivity contribution in [3.05, 3.63) is 52.3 Å². The topological polar surface area (TPSA) is 118 Å². The number of hydrogen-bond donors (Lipinski definition) is 3. The van der Waals surface area contributed by atoms with Crippen molar-refractivity contribution in [3.8, 4) is 0 Å². The highest BCUT2D eigenvalue weighted by molar-refractivity contribution is 9.10. The lowest BCUT2D eigenvalue weighted by Crippen LogP contribution is -2.41. The Morgan fingerprint density at radius 1 is 1.22 bits per heavy atom. The van der Waals surface area contributed by atoms with Gasteiger partial charge in [0.25, 0.3) is 0 Å². The molecule has 0 saturated carbocycles. The summed E-state index contributed by atoms with van der Waals surface area (Å²) < 4.78 is 26.7. The second-order valence-electron chi connectivity index (χ2n) is 5.46. The van der Waals surface area contributed by atoms with Gasteiger partial charge in [-0.2, -0.15) is 0 Å². The highest BCUT2D eigenvalue weighted by Gasteiger charge is 2.19. The van der Waals surface area contributed by atoms with E-state index in [1.54, 1.807) is 19.3 Å². The molecule has 0 saturated heterocycles. The van der Waals surface area contributed by atoms with Crippen molar-refractivity contribution in [2.24, 2.45) is 0 Å². The van der Waals surface area contributed by atoms with Crippen LogP contribution in [0.25, 0.3) is 0 Å². The molecule has 0 spiro atoms. The number of nitrogens with zero attached hydrogens (tertiary/aromatic N) is 2. The van der Waals surface area contributed by atoms with Crippen molar-refractivity contribution in [1.29, 1.82) is 0 Å². The van der Waals surface area contributed by atoms with E-state index in [1.165, 1.54) is 0 Å². The van der Waals surface area contributed by atoms with Crippen LogP contribution in [0.3, 0.4) is 0 Å². The normalized spacial score (nSPS) is 11.1. The number of nitrogen functional groups attached to an aromatic ring is 1. The quantitative estimate of drug-likeness (QED) is 0.630. The van der Waals surface area contributed by atoms with E-state index in [2.05, 4.69) is 31.2 Å². The maximum absolute atomic E-state index is 12.9. The third-order valence-electron chi connectivity index (χ3n) is 3.14. The molecule has 0 radical (unpaired) electrons. The number of benzene rings is 1. The Labute approximate surface area is 163 Å². The molecule has 27 heavy (non-hydrogen) atoms. The monoisotopic (exact) mass is 444 g/mol. The number of halogens is 3. The molecular formula is C17H19BrF2N4O3. The molecule has 0 aliphatic heterocycles. The van der Waals surface area contributed by atoms with Crippen LogP contribution in [-0.2, 0) is 16.0 Å². The van der Waals surface area contributed by atoms with E-state index in [0.29, 0.717) is 24.9 Å². The minimum absolute atomic E-state index is 0.163. The second-order valence-corrected chi connectivity index (χ2v) is 6.38. The maximum atomic E-state index is 12.9. The molecule has 1 amide bonds. The van der Waals surface area contributed by atoms with Gasteiger partial charge in [0.15, 0.2) is 0 Å². The minimum Gasteiger partial charge on any atom is -0.480 e. The first-order valence-corrected chi connectivity index (χ1v) is 8.70. The van der Waals surface area contributed by atoms with Gasteiger partial charge in [-0.15, -0.1) is 0 Å². The first-order chi connectivity index (χ1) is 12.7. The third-order valence-corrected chi connectivity index (χ3v) is 3.55. The van der Waals surface area contributed by atoms with Crippen LogP contribution in [-0.4, -0.2) is 33.0 Å². The van der Waals surface area contributed by atoms with Crippen LogP contribution in [0.5, 0.6) is 0 Å². The zero-order valence-electron chi connectivity index (χ0n) is 14.5. The lowest BCUT2D eigenvalue weighted by Gasteiger charge is -2.13. The summed E-state index contributed by atoms with van der Waals surface area (Å²) in [6.07, 6.45) is 3.84. The lowest BCUT2D eigenvalue weighted by atomic mass is 10.1. The molecule has 1 unspecified atom stereocenters. The number of anilines is 1. The Hall–Kier alpha value is -2.62. The van der Waals surface area contributed by atoms with Gasteiger partial charge in [-0.3, -0.25) is 4.79 Å². The van der Waals surface area contributed by atoms with Crippen LogP contribution >= 0.6 is 15.9 Å². The molecule has 0 aliphatic rings. The van der Waals surface area contributed by atoms with Crippen LogP contribution in [0.15, 0.2) is 35.1 Å². The summed E-state index contributed by atoms with van der Waals surface area (Å²) >= 11 is 3.16. The molecule has 0 aliphatic carbocycles. The van der Waals surface area contributed by atoms with E-state index in [0.717, 1.165) is 16.6 Å². The molecule has 4 N–H and O–H groups in total. The number of aromatic nitrogens is 2. The Morgan fingerprint density at radius 3 is 2.22 bits per heavy atom. The van der Waals surface area contributed by atoms with Gasteiger partial charge in [-0.1, -0.05) is 13.3 Å². The Morgan fingerprint density at radius 2 is 1.78 bits per heavy atom. The standard InChI is InChI=1S/C13H15F2NO3.C4H4BrN3/c1-2-3-11(13(18)19)16-12(17)6-8-4-9(14)7-10(15)5-8;5-3-1-7-4(6)8-2-3/h4-5,7,11H,2-3,6H2,1H3,(H,16,17)(H,18,19);1-2H,(H2,6,7,8). The predicted molar refractivity (Wildman–Crippen MR) is 98.7 cm³/mol. The summed E-state index contributed by atoms with van der Waals surface area (Å²) in [6, 6.07) is 1.81. The molecule has 0 fully saturated rings. The fraction of sp³-hybridized carbons (Fsp3) is 0.294. The average Bonchev–Trinajstić information content (AvgIpc) is 2.56. The number of nitrogens with two attached hydrogens (primary N) is 1. The van der Waals surface area contributed by atoms with Crippen LogP contribution in [0, 0.1) is 11.6 Å². The fourth-order valence-corrected chi connectivity index (χ4v) is 2.22. The van der Waals surface area contributed by atoms with E-state index in [-0.39, 0.29) is 12.0 Å². The molecule has 10 heteroatoms. The van der Waals surface area contributed by atoms with Gasteiger partial charge in [0.1, 0.15) is 17.7 Å². The van der Waals surface area contributed by atoms with E-state index >= 15 is 0 Å². The molecule has 1 aromatic carbocycles. The number of carboxylic acid groups (broad SMARTS) is 1. The second kappa shape index (κ2) is 11.2. The van der Waals surface area contributed by atoms with Crippen LogP contribution in [0.1, 0.15) is 25.3 Å². The predicted octanol–water partition coefficient (Wildman–Crippen LogP) is 2.70. The number of carboxylic acids is 1. The smallest absolute Gasteiger partial charge is 0.326 e. The highest BCUT2D eigenvalue weighted by atomic mass is 79.9. The summed E-state index contributed by atoms with van der Waals surface area (Å²) in [5.74, 6) is -2.95. The molecule has 1 heterocycles. The first kappa shape index (κ1) is 22.4. The zero-order chi connectivity index (χ0) is 20.4. The SMILES string of the molecule is CCCC(NC(=O)Cc1cc(F)cc(F)c1)C(=O)O.Nc1ncc(Br)cn1. The fourth-order valence-electron chi connectivity index (χ4n) is 2.01. The van der Waals surface area contributed by atoms with Crippen molar-refractivity contribution in [2.45, 2.75) is 32.2 Å². The largest absolute Gasteiger partial charge is 0.480 e. The average molecular weight is 445 g/mol. The van der Waals surface area contributed by atoms with Crippen molar-refractivity contribution >= 4 is 33.8 Å². The van der Waals surface area contributed by atoms with Crippen LogP contribution in [0.2, 0.25) is 0 Å². The minimum atomic E-state index is -1.12. The van der Waals surface area contributed by atoms with Gasteiger partial charge < -0.3 is 16.2 Å². The molecule has 1 atom stereocenters. The maximum Gasteiger partial charge on any atom is 0.326 e. The van der Waals surface area contributed by atoms with Gasteiger partial charge in [-0.25, -0.2) is 23.5 Å². The number of carbonyl (C=O) groups is 2. The molecule has 2 aromatic rings. The summed E-state index contributed by atoms with van der Waals surface area (Å²) in [5.41, 5.74) is 5.35. The van der Waals surface area contributed by atoms with Crippen molar-refractivity contribution in [1.82, 2.24) is 15.3 Å². The lowest BCUT2D eigenvalue weighted by molar-refractivity contribution is -0.141. The number of amides is 1. The molecule has 1 aromatic heterocycles. The first-order valence-electron chi connectivity index (χ1n) is 7.91. The third kappa shape index (κ3) is 9.04. The van der Waals surface area contributed by atoms with Crippen molar-refractivity contribution in [3.63, 3.8) is 0 Å². The van der Waals surface area contributed by atoms with E-state index in [9.17, 15) is 18.4 Å². The number of hydrogen-bond acceptors (Lipinski definition) is 5. The summed E-state index contributed by atoms with van der Waals surface area (Å²) in [4.78, 5) is 29.9. The van der Waals surface area contributed by atoms with Gasteiger partial charge >= 0.3 is 5.97 Å². The van der Waals surface area contributed by atoms with Crippen molar-refractivity contribution in [2.75, 3.05) is 5.73 Å². The molecular weight excluding hydrogens is 426 g/mol.